The van der Waals surface area contributed by atoms with Crippen molar-refractivity contribution in [2.45, 2.75) is 30.8 Å². The third-order valence-corrected chi connectivity index (χ3v) is 7.45. The molecule has 2 aliphatic heterocycles. The monoisotopic (exact) mass is 393 g/mol. The Labute approximate surface area is 176 Å². The van der Waals surface area contributed by atoms with E-state index in [1.165, 1.54) is 5.56 Å². The van der Waals surface area contributed by atoms with Crippen molar-refractivity contribution < 1.29 is 9.59 Å². The number of rotatable bonds is 2. The van der Waals surface area contributed by atoms with Crippen molar-refractivity contribution in [2.75, 3.05) is 6.54 Å². The van der Waals surface area contributed by atoms with Crippen LogP contribution in [-0.4, -0.2) is 29.1 Å². The zero-order chi connectivity index (χ0) is 20.3. The maximum absolute atomic E-state index is 14.1. The summed E-state index contributed by atoms with van der Waals surface area (Å²) in [5.74, 6) is -0.154. The van der Waals surface area contributed by atoms with Crippen LogP contribution in [0.5, 0.6) is 0 Å². The predicted octanol–water partition coefficient (Wildman–Crippen LogP) is 5.06. The number of benzene rings is 3. The highest BCUT2D eigenvalue weighted by Crippen LogP contribution is 2.64. The molecule has 3 heteroatoms. The van der Waals surface area contributed by atoms with Gasteiger partial charge in [-0.25, -0.2) is 0 Å². The molecule has 3 aromatic carbocycles. The molecule has 0 bridgehead atoms. The maximum atomic E-state index is 14.1. The normalized spacial score (nSPS) is 26.9. The molecule has 3 atom stereocenters. The number of carbonyl (C=O) groups is 2. The fourth-order valence-corrected chi connectivity index (χ4v) is 6.41. The Morgan fingerprint density at radius 3 is 1.83 bits per heavy atom. The first-order valence-electron chi connectivity index (χ1n) is 10.8. The van der Waals surface area contributed by atoms with E-state index in [0.717, 1.165) is 24.9 Å². The van der Waals surface area contributed by atoms with E-state index in [1.54, 1.807) is 0 Å². The average Bonchev–Trinajstić information content (AvgIpc) is 3.44. The second-order valence-corrected chi connectivity index (χ2v) is 8.71. The molecule has 0 saturated carbocycles. The smallest absolute Gasteiger partial charge is 0.179 e. The summed E-state index contributed by atoms with van der Waals surface area (Å²) in [4.78, 5) is 30.6. The van der Waals surface area contributed by atoms with Crippen LogP contribution in [-0.2, 0) is 0 Å². The molecule has 148 valence electrons. The summed E-state index contributed by atoms with van der Waals surface area (Å²) in [7, 11) is 0. The molecule has 3 aliphatic rings. The first-order valence-corrected chi connectivity index (χ1v) is 10.8. The third-order valence-electron chi connectivity index (χ3n) is 7.45. The van der Waals surface area contributed by atoms with Crippen LogP contribution >= 0.6 is 0 Å². The molecule has 0 amide bonds. The minimum absolute atomic E-state index is 0.0170. The number of hydrogen-bond donors (Lipinski definition) is 0. The van der Waals surface area contributed by atoms with Crippen molar-refractivity contribution in [3.63, 3.8) is 0 Å². The number of fused-ring (bicyclic) bond motifs is 3. The van der Waals surface area contributed by atoms with Crippen molar-refractivity contribution in [1.29, 1.82) is 0 Å². The van der Waals surface area contributed by atoms with Gasteiger partial charge in [-0.15, -0.1) is 0 Å². The van der Waals surface area contributed by atoms with Gasteiger partial charge in [-0.05, 0) is 30.5 Å². The lowest BCUT2D eigenvalue weighted by Gasteiger charge is -2.33. The van der Waals surface area contributed by atoms with Crippen molar-refractivity contribution in [1.82, 2.24) is 4.90 Å². The van der Waals surface area contributed by atoms with E-state index < -0.39 is 5.41 Å². The van der Waals surface area contributed by atoms with Crippen LogP contribution in [0.2, 0.25) is 0 Å². The molecule has 0 radical (unpaired) electrons. The summed E-state index contributed by atoms with van der Waals surface area (Å²) in [6.07, 6.45) is 1.91. The van der Waals surface area contributed by atoms with E-state index >= 15 is 0 Å². The van der Waals surface area contributed by atoms with Crippen LogP contribution in [0.4, 0.5) is 0 Å². The lowest BCUT2D eigenvalue weighted by Crippen LogP contribution is -2.46. The Hall–Kier alpha value is -3.04. The summed E-state index contributed by atoms with van der Waals surface area (Å²) in [6, 6.07) is 28.0. The SMILES string of the molecule is O=C1c2ccccc2C(=O)C12[C@@H](c1ccccc1)[C@@H](c1ccccc1)N1CCC[C@@H]12. The van der Waals surface area contributed by atoms with Crippen LogP contribution in [0.15, 0.2) is 84.9 Å². The van der Waals surface area contributed by atoms with Gasteiger partial charge in [-0.1, -0.05) is 84.9 Å². The van der Waals surface area contributed by atoms with E-state index in [4.69, 9.17) is 0 Å². The van der Waals surface area contributed by atoms with Crippen molar-refractivity contribution in [2.24, 2.45) is 5.41 Å². The summed E-state index contributed by atoms with van der Waals surface area (Å²) in [5.41, 5.74) is 2.43. The van der Waals surface area contributed by atoms with E-state index in [0.29, 0.717) is 11.1 Å². The number of hydrogen-bond acceptors (Lipinski definition) is 3. The minimum Gasteiger partial charge on any atom is -0.293 e. The Balaban J connectivity index is 1.64. The second kappa shape index (κ2) is 6.48. The molecule has 0 N–H and O–H groups in total. The molecule has 30 heavy (non-hydrogen) atoms. The first kappa shape index (κ1) is 17.8. The zero-order valence-electron chi connectivity index (χ0n) is 16.7. The van der Waals surface area contributed by atoms with Crippen LogP contribution < -0.4 is 0 Å². The standard InChI is InChI=1S/C27H23NO2/c29-25-20-14-7-8-15-21(20)26(30)27(25)22-16-9-17-28(22)24(19-12-5-2-6-13-19)23(27)18-10-3-1-4-11-18/h1-8,10-15,22-24H,9,16-17H2/t22-,23+,24-/m1/s1. The third kappa shape index (κ3) is 2.13. The topological polar surface area (TPSA) is 37.4 Å². The molecule has 0 aromatic heterocycles. The molecular weight excluding hydrogens is 370 g/mol. The Kier molecular flexibility index (Phi) is 3.84. The van der Waals surface area contributed by atoms with E-state index in [1.807, 2.05) is 48.5 Å². The Morgan fingerprint density at radius 2 is 1.23 bits per heavy atom. The molecule has 2 fully saturated rings. The number of carbonyl (C=O) groups excluding carboxylic acids is 2. The van der Waals surface area contributed by atoms with E-state index in [-0.39, 0.29) is 29.6 Å². The molecule has 1 aliphatic carbocycles. The second-order valence-electron chi connectivity index (χ2n) is 8.71. The first-order chi connectivity index (χ1) is 14.7. The number of nitrogens with zero attached hydrogens (tertiary/aromatic N) is 1. The Morgan fingerprint density at radius 1 is 0.700 bits per heavy atom. The van der Waals surface area contributed by atoms with Gasteiger partial charge in [0.2, 0.25) is 0 Å². The van der Waals surface area contributed by atoms with E-state index in [2.05, 4.69) is 41.3 Å². The van der Waals surface area contributed by atoms with Gasteiger partial charge in [0.05, 0.1) is 0 Å². The van der Waals surface area contributed by atoms with Gasteiger partial charge in [0.1, 0.15) is 5.41 Å². The molecule has 6 rings (SSSR count). The van der Waals surface area contributed by atoms with Crippen LogP contribution in [0.1, 0.15) is 56.6 Å². The van der Waals surface area contributed by atoms with Crippen molar-refractivity contribution in [3.05, 3.63) is 107 Å². The lowest BCUT2D eigenvalue weighted by molar-refractivity contribution is 0.0622. The van der Waals surface area contributed by atoms with Gasteiger partial charge in [-0.3, -0.25) is 14.5 Å². The highest BCUT2D eigenvalue weighted by Gasteiger charge is 2.70. The highest BCUT2D eigenvalue weighted by atomic mass is 16.2. The molecular formula is C27H23NO2. The summed E-state index contributed by atoms with van der Waals surface area (Å²) in [6.45, 7) is 0.923. The molecule has 2 saturated heterocycles. The summed E-state index contributed by atoms with van der Waals surface area (Å²) in [5, 5.41) is 0. The van der Waals surface area contributed by atoms with Crippen molar-refractivity contribution in [3.8, 4) is 0 Å². The average molecular weight is 393 g/mol. The lowest BCUT2D eigenvalue weighted by atomic mass is 9.64. The minimum atomic E-state index is -1.04. The van der Waals surface area contributed by atoms with E-state index in [9.17, 15) is 9.59 Å². The maximum Gasteiger partial charge on any atom is 0.179 e. The van der Waals surface area contributed by atoms with Gasteiger partial charge >= 0.3 is 0 Å². The number of Topliss-reactive ketones (excluding diaryl/α,β-unsaturated/α-hetero) is 2. The molecule has 3 nitrogen and oxygen atoms in total. The predicted molar refractivity (Wildman–Crippen MR) is 116 cm³/mol. The fourth-order valence-electron chi connectivity index (χ4n) is 6.41. The van der Waals surface area contributed by atoms with Gasteiger partial charge in [0.15, 0.2) is 11.6 Å². The van der Waals surface area contributed by atoms with Gasteiger partial charge in [0, 0.05) is 29.1 Å². The molecule has 2 heterocycles. The quantitative estimate of drug-likeness (QED) is 0.572. The molecule has 3 aromatic rings. The van der Waals surface area contributed by atoms with Gasteiger partial charge in [-0.2, -0.15) is 0 Å². The van der Waals surface area contributed by atoms with Crippen molar-refractivity contribution >= 4 is 11.6 Å². The zero-order valence-corrected chi connectivity index (χ0v) is 16.7. The number of ketones is 2. The van der Waals surface area contributed by atoms with Crippen LogP contribution in [0, 0.1) is 5.41 Å². The Bertz CT molecular complexity index is 1100. The summed E-state index contributed by atoms with van der Waals surface area (Å²) >= 11 is 0. The fraction of sp³-hybridized carbons (Fsp3) is 0.259. The van der Waals surface area contributed by atoms with Crippen LogP contribution in [0.3, 0.4) is 0 Å². The largest absolute Gasteiger partial charge is 0.293 e. The van der Waals surface area contributed by atoms with Crippen LogP contribution in [0.25, 0.3) is 0 Å². The summed E-state index contributed by atoms with van der Waals surface area (Å²) < 4.78 is 0. The van der Waals surface area contributed by atoms with Gasteiger partial charge in [0.25, 0.3) is 0 Å². The molecule has 0 unspecified atom stereocenters. The molecule has 1 spiro atoms. The highest BCUT2D eigenvalue weighted by molar-refractivity contribution is 6.31. The van der Waals surface area contributed by atoms with Gasteiger partial charge < -0.3 is 0 Å².